The van der Waals surface area contributed by atoms with Crippen LogP contribution in [0.3, 0.4) is 0 Å². The fourth-order valence-electron chi connectivity index (χ4n) is 2.51. The summed E-state index contributed by atoms with van der Waals surface area (Å²) in [5.41, 5.74) is 1.12. The van der Waals surface area contributed by atoms with E-state index in [1.54, 1.807) is 0 Å². The van der Waals surface area contributed by atoms with Crippen molar-refractivity contribution < 1.29 is 4.79 Å². The van der Waals surface area contributed by atoms with E-state index in [0.29, 0.717) is 12.3 Å². The predicted octanol–water partition coefficient (Wildman–Crippen LogP) is 3.44. The molecule has 2 unspecified atom stereocenters. The third-order valence-corrected chi connectivity index (χ3v) is 4.41. The van der Waals surface area contributed by atoms with Crippen LogP contribution >= 0.6 is 28.3 Å². The quantitative estimate of drug-likeness (QED) is 0.843. The second kappa shape index (κ2) is 8.65. The lowest BCUT2D eigenvalue weighted by Crippen LogP contribution is -2.27. The molecule has 0 radical (unpaired) electrons. The van der Waals surface area contributed by atoms with E-state index in [1.807, 2.05) is 31.2 Å². The first-order valence-electron chi connectivity index (χ1n) is 6.91. The first-order chi connectivity index (χ1) is 9.16. The van der Waals surface area contributed by atoms with Crippen molar-refractivity contribution in [1.29, 1.82) is 0 Å². The Bertz CT molecular complexity index is 436. The van der Waals surface area contributed by atoms with Gasteiger partial charge in [-0.2, -0.15) is 0 Å². The predicted molar refractivity (Wildman–Crippen MR) is 88.2 cm³/mol. The minimum Gasteiger partial charge on any atom is -0.350 e. The van der Waals surface area contributed by atoms with Gasteiger partial charge in [0.2, 0.25) is 5.91 Å². The lowest BCUT2D eigenvalue weighted by atomic mass is 10.0. The smallest absolute Gasteiger partial charge is 0.220 e. The van der Waals surface area contributed by atoms with Crippen molar-refractivity contribution in [3.8, 4) is 0 Å². The normalized spacial score (nSPS) is 19.2. The van der Waals surface area contributed by atoms with Gasteiger partial charge in [0.1, 0.15) is 0 Å². The Kier molecular flexibility index (Phi) is 7.56. The average molecular weight is 362 g/mol. The van der Waals surface area contributed by atoms with Crippen LogP contribution < -0.4 is 10.6 Å². The molecule has 1 aliphatic rings. The SMILES string of the molecule is CC(NC(=O)CCC1CCNC1)c1ccccc1Br.Cl. The van der Waals surface area contributed by atoms with E-state index in [4.69, 9.17) is 0 Å². The fourth-order valence-corrected chi connectivity index (χ4v) is 3.14. The van der Waals surface area contributed by atoms with Crippen LogP contribution in [0.25, 0.3) is 0 Å². The van der Waals surface area contributed by atoms with E-state index in [9.17, 15) is 4.79 Å². The minimum absolute atomic E-state index is 0. The monoisotopic (exact) mass is 360 g/mol. The summed E-state index contributed by atoms with van der Waals surface area (Å²) in [5, 5.41) is 6.40. The Balaban J connectivity index is 0.00000200. The van der Waals surface area contributed by atoms with Crippen molar-refractivity contribution in [3.05, 3.63) is 34.3 Å². The van der Waals surface area contributed by atoms with Crippen molar-refractivity contribution in [2.75, 3.05) is 13.1 Å². The number of benzene rings is 1. The lowest BCUT2D eigenvalue weighted by molar-refractivity contribution is -0.122. The standard InChI is InChI=1S/C15H21BrN2O.ClH/c1-11(13-4-2-3-5-14(13)16)18-15(19)7-6-12-8-9-17-10-12;/h2-5,11-12,17H,6-10H2,1H3,(H,18,19);1H. The molecule has 5 heteroatoms. The number of hydrogen-bond donors (Lipinski definition) is 2. The molecule has 0 aliphatic carbocycles. The van der Waals surface area contributed by atoms with Crippen molar-refractivity contribution in [2.24, 2.45) is 5.92 Å². The number of rotatable bonds is 5. The van der Waals surface area contributed by atoms with Gasteiger partial charge in [-0.25, -0.2) is 0 Å². The summed E-state index contributed by atoms with van der Waals surface area (Å²) in [6.45, 7) is 4.18. The van der Waals surface area contributed by atoms with Crippen LogP contribution in [-0.2, 0) is 4.79 Å². The van der Waals surface area contributed by atoms with E-state index in [1.165, 1.54) is 6.42 Å². The molecule has 3 nitrogen and oxygen atoms in total. The van der Waals surface area contributed by atoms with Crippen LogP contribution in [0.5, 0.6) is 0 Å². The van der Waals surface area contributed by atoms with Crippen LogP contribution in [-0.4, -0.2) is 19.0 Å². The highest BCUT2D eigenvalue weighted by molar-refractivity contribution is 9.10. The van der Waals surface area contributed by atoms with Gasteiger partial charge in [0.05, 0.1) is 6.04 Å². The number of hydrogen-bond acceptors (Lipinski definition) is 2. The number of carbonyl (C=O) groups excluding carboxylic acids is 1. The van der Waals surface area contributed by atoms with Crippen molar-refractivity contribution in [2.45, 2.75) is 32.2 Å². The molecule has 1 amide bonds. The zero-order valence-electron chi connectivity index (χ0n) is 11.7. The van der Waals surface area contributed by atoms with E-state index < -0.39 is 0 Å². The van der Waals surface area contributed by atoms with Gasteiger partial charge < -0.3 is 10.6 Å². The van der Waals surface area contributed by atoms with Gasteiger partial charge in [0, 0.05) is 10.9 Å². The zero-order chi connectivity index (χ0) is 13.7. The molecule has 2 atom stereocenters. The molecule has 1 aromatic carbocycles. The van der Waals surface area contributed by atoms with Gasteiger partial charge in [-0.1, -0.05) is 34.1 Å². The van der Waals surface area contributed by atoms with Crippen LogP contribution in [0.1, 0.15) is 37.8 Å². The van der Waals surface area contributed by atoms with Crippen LogP contribution in [0.4, 0.5) is 0 Å². The van der Waals surface area contributed by atoms with E-state index >= 15 is 0 Å². The first kappa shape index (κ1) is 17.5. The van der Waals surface area contributed by atoms with Crippen LogP contribution in [0.2, 0.25) is 0 Å². The van der Waals surface area contributed by atoms with Gasteiger partial charge in [-0.3, -0.25) is 4.79 Å². The molecule has 1 saturated heterocycles. The number of carbonyl (C=O) groups is 1. The molecule has 1 aliphatic heterocycles. The second-order valence-corrected chi connectivity index (χ2v) is 6.06. The molecular weight excluding hydrogens is 340 g/mol. The molecule has 0 saturated carbocycles. The summed E-state index contributed by atoms with van der Waals surface area (Å²) in [6.07, 6.45) is 2.82. The Morgan fingerprint density at radius 3 is 2.90 bits per heavy atom. The van der Waals surface area contributed by atoms with Gasteiger partial charge in [0.25, 0.3) is 0 Å². The highest BCUT2D eigenvalue weighted by Gasteiger charge is 2.17. The fraction of sp³-hybridized carbons (Fsp3) is 0.533. The maximum atomic E-state index is 11.9. The zero-order valence-corrected chi connectivity index (χ0v) is 14.1. The molecule has 2 rings (SSSR count). The molecule has 0 bridgehead atoms. The van der Waals surface area contributed by atoms with E-state index in [-0.39, 0.29) is 24.4 Å². The molecule has 1 aromatic rings. The highest BCUT2D eigenvalue weighted by atomic mass is 79.9. The van der Waals surface area contributed by atoms with Crippen molar-refractivity contribution >= 4 is 34.2 Å². The second-order valence-electron chi connectivity index (χ2n) is 5.21. The largest absolute Gasteiger partial charge is 0.350 e. The summed E-state index contributed by atoms with van der Waals surface area (Å²) in [7, 11) is 0. The maximum Gasteiger partial charge on any atom is 0.220 e. The summed E-state index contributed by atoms with van der Waals surface area (Å²) in [5.74, 6) is 0.819. The van der Waals surface area contributed by atoms with Crippen LogP contribution in [0.15, 0.2) is 28.7 Å². The summed E-state index contributed by atoms with van der Waals surface area (Å²) in [4.78, 5) is 11.9. The van der Waals surface area contributed by atoms with Gasteiger partial charge in [-0.05, 0) is 50.4 Å². The topological polar surface area (TPSA) is 41.1 Å². The van der Waals surface area contributed by atoms with E-state index in [2.05, 4.69) is 26.6 Å². The van der Waals surface area contributed by atoms with Gasteiger partial charge in [0.15, 0.2) is 0 Å². The molecule has 0 aromatic heterocycles. The molecule has 1 fully saturated rings. The maximum absolute atomic E-state index is 11.9. The Hall–Kier alpha value is -0.580. The number of halogens is 2. The Morgan fingerprint density at radius 1 is 1.50 bits per heavy atom. The average Bonchev–Trinajstić information content (AvgIpc) is 2.90. The Labute approximate surface area is 135 Å². The summed E-state index contributed by atoms with van der Waals surface area (Å²) < 4.78 is 1.04. The Morgan fingerprint density at radius 2 is 2.25 bits per heavy atom. The number of amides is 1. The molecule has 20 heavy (non-hydrogen) atoms. The van der Waals surface area contributed by atoms with E-state index in [0.717, 1.165) is 29.5 Å². The highest BCUT2D eigenvalue weighted by Crippen LogP contribution is 2.23. The van der Waals surface area contributed by atoms with Crippen molar-refractivity contribution in [3.63, 3.8) is 0 Å². The number of nitrogens with one attached hydrogen (secondary N) is 2. The van der Waals surface area contributed by atoms with Crippen LogP contribution in [0, 0.1) is 5.92 Å². The molecule has 1 heterocycles. The third kappa shape index (κ3) is 5.08. The first-order valence-corrected chi connectivity index (χ1v) is 7.70. The third-order valence-electron chi connectivity index (χ3n) is 3.69. The summed E-state index contributed by atoms with van der Waals surface area (Å²) in [6, 6.07) is 8.06. The minimum atomic E-state index is 0. The summed E-state index contributed by atoms with van der Waals surface area (Å²) >= 11 is 3.52. The molecular formula is C15H22BrClN2O. The lowest BCUT2D eigenvalue weighted by Gasteiger charge is -2.16. The molecule has 2 N–H and O–H groups in total. The van der Waals surface area contributed by atoms with Crippen molar-refractivity contribution in [1.82, 2.24) is 10.6 Å². The van der Waals surface area contributed by atoms with Gasteiger partial charge >= 0.3 is 0 Å². The van der Waals surface area contributed by atoms with Gasteiger partial charge in [-0.15, -0.1) is 12.4 Å². The molecule has 0 spiro atoms. The molecule has 112 valence electrons.